The highest BCUT2D eigenvalue weighted by Gasteiger charge is 1.95. The number of nitrogens with zero attached hydrogens (tertiary/aromatic N) is 2. The maximum atomic E-state index is 5.35. The Morgan fingerprint density at radius 2 is 1.45 bits per heavy atom. The van der Waals surface area contributed by atoms with Crippen LogP contribution in [0.15, 0.2) is 24.8 Å². The second-order valence-electron chi connectivity index (χ2n) is 3.27. The molecule has 0 radical (unpaired) electrons. The van der Waals surface area contributed by atoms with E-state index in [-0.39, 0.29) is 5.54 Å². The third kappa shape index (κ3) is 17.6. The van der Waals surface area contributed by atoms with Gasteiger partial charge in [-0.15, -0.1) is 0 Å². The van der Waals surface area contributed by atoms with Crippen molar-refractivity contribution < 1.29 is 0 Å². The molecule has 62 valence electrons. The van der Waals surface area contributed by atoms with Crippen molar-refractivity contribution in [1.29, 1.82) is 0 Å². The Morgan fingerprint density at radius 3 is 1.55 bits per heavy atom. The normalized spacial score (nSPS) is 9.82. The molecule has 0 bridgehead atoms. The molecule has 0 amide bonds. The van der Waals surface area contributed by atoms with E-state index in [4.69, 9.17) is 5.73 Å². The van der Waals surface area contributed by atoms with E-state index in [1.807, 2.05) is 20.8 Å². The van der Waals surface area contributed by atoms with E-state index in [1.54, 1.807) is 18.5 Å². The van der Waals surface area contributed by atoms with Gasteiger partial charge in [0, 0.05) is 17.9 Å². The molecule has 1 rings (SSSR count). The third-order valence-electron chi connectivity index (χ3n) is 0.478. The fourth-order valence-corrected chi connectivity index (χ4v) is 0.253. The molecule has 0 atom stereocenters. The average molecular weight is 153 g/mol. The molecule has 0 aliphatic carbocycles. The van der Waals surface area contributed by atoms with Gasteiger partial charge < -0.3 is 5.73 Å². The molecule has 0 aliphatic rings. The topological polar surface area (TPSA) is 51.8 Å². The SMILES string of the molecule is CC(C)(C)N.c1cncnc1. The molecule has 1 aromatic heterocycles. The second-order valence-corrected chi connectivity index (χ2v) is 3.27. The van der Waals surface area contributed by atoms with Gasteiger partial charge >= 0.3 is 0 Å². The van der Waals surface area contributed by atoms with Crippen LogP contribution in [0, 0.1) is 0 Å². The summed E-state index contributed by atoms with van der Waals surface area (Å²) in [5.74, 6) is 0. The largest absolute Gasteiger partial charge is 0.326 e. The first-order valence-corrected chi connectivity index (χ1v) is 3.49. The molecule has 11 heavy (non-hydrogen) atoms. The van der Waals surface area contributed by atoms with E-state index in [0.29, 0.717) is 0 Å². The predicted molar refractivity (Wildman–Crippen MR) is 46.0 cm³/mol. The van der Waals surface area contributed by atoms with Crippen molar-refractivity contribution >= 4 is 0 Å². The lowest BCUT2D eigenvalue weighted by Gasteiger charge is -2.06. The molecule has 0 unspecified atom stereocenters. The molecule has 0 saturated heterocycles. The summed E-state index contributed by atoms with van der Waals surface area (Å²) in [6, 6.07) is 1.78. The predicted octanol–water partition coefficient (Wildman–Crippen LogP) is 1.22. The molecule has 0 aliphatic heterocycles. The molecule has 0 fully saturated rings. The van der Waals surface area contributed by atoms with Gasteiger partial charge in [-0.25, -0.2) is 9.97 Å². The molecule has 3 nitrogen and oxygen atoms in total. The minimum Gasteiger partial charge on any atom is -0.326 e. The minimum atomic E-state index is 0. The molecule has 2 N–H and O–H groups in total. The summed E-state index contributed by atoms with van der Waals surface area (Å²) in [5.41, 5.74) is 5.35. The van der Waals surface area contributed by atoms with Crippen LogP contribution < -0.4 is 5.73 Å². The zero-order chi connectivity index (χ0) is 8.74. The van der Waals surface area contributed by atoms with Crippen LogP contribution in [0.3, 0.4) is 0 Å². The number of nitrogens with two attached hydrogens (primary N) is 1. The second kappa shape index (κ2) is 4.79. The van der Waals surface area contributed by atoms with Crippen molar-refractivity contribution in [1.82, 2.24) is 9.97 Å². The summed E-state index contributed by atoms with van der Waals surface area (Å²) in [7, 11) is 0. The average Bonchev–Trinajstić information content (AvgIpc) is 1.88. The minimum absolute atomic E-state index is 0. The maximum Gasteiger partial charge on any atom is 0.115 e. The quantitative estimate of drug-likeness (QED) is 0.609. The van der Waals surface area contributed by atoms with Crippen LogP contribution >= 0.6 is 0 Å². The Hall–Kier alpha value is -0.960. The van der Waals surface area contributed by atoms with Gasteiger partial charge in [-0.3, -0.25) is 0 Å². The zero-order valence-electron chi connectivity index (χ0n) is 7.28. The van der Waals surface area contributed by atoms with E-state index in [2.05, 4.69) is 9.97 Å². The van der Waals surface area contributed by atoms with Crippen LogP contribution in [0.4, 0.5) is 0 Å². The zero-order valence-corrected chi connectivity index (χ0v) is 7.28. The molecule has 3 heteroatoms. The van der Waals surface area contributed by atoms with Gasteiger partial charge in [0.1, 0.15) is 6.33 Å². The van der Waals surface area contributed by atoms with E-state index >= 15 is 0 Å². The molecule has 0 spiro atoms. The van der Waals surface area contributed by atoms with Crippen molar-refractivity contribution in [3.8, 4) is 0 Å². The maximum absolute atomic E-state index is 5.35. The highest BCUT2D eigenvalue weighted by atomic mass is 14.8. The van der Waals surface area contributed by atoms with Crippen LogP contribution in [-0.4, -0.2) is 15.5 Å². The first-order chi connectivity index (χ1) is 5.00. The number of hydrogen-bond donors (Lipinski definition) is 1. The molecule has 0 aromatic carbocycles. The molecule has 1 heterocycles. The molecule has 1 aromatic rings. The first kappa shape index (κ1) is 10.0. The van der Waals surface area contributed by atoms with Crippen LogP contribution in [0.5, 0.6) is 0 Å². The number of hydrogen-bond acceptors (Lipinski definition) is 3. The fraction of sp³-hybridized carbons (Fsp3) is 0.500. The highest BCUT2D eigenvalue weighted by Crippen LogP contribution is 1.88. The van der Waals surface area contributed by atoms with Crippen molar-refractivity contribution in [2.45, 2.75) is 26.3 Å². The van der Waals surface area contributed by atoms with Crippen molar-refractivity contribution in [2.24, 2.45) is 5.73 Å². The summed E-state index contributed by atoms with van der Waals surface area (Å²) in [6.45, 7) is 5.90. The van der Waals surface area contributed by atoms with Crippen molar-refractivity contribution in [3.05, 3.63) is 24.8 Å². The third-order valence-corrected chi connectivity index (χ3v) is 0.478. The lowest BCUT2D eigenvalue weighted by molar-refractivity contribution is 0.580. The van der Waals surface area contributed by atoms with Crippen LogP contribution in [0.1, 0.15) is 20.8 Å². The van der Waals surface area contributed by atoms with Gasteiger partial charge in [0.2, 0.25) is 0 Å². The van der Waals surface area contributed by atoms with Crippen molar-refractivity contribution in [2.75, 3.05) is 0 Å². The van der Waals surface area contributed by atoms with Crippen LogP contribution in [0.2, 0.25) is 0 Å². The van der Waals surface area contributed by atoms with Crippen LogP contribution in [0.25, 0.3) is 0 Å². The lowest BCUT2D eigenvalue weighted by atomic mass is 10.1. The molecular weight excluding hydrogens is 138 g/mol. The van der Waals surface area contributed by atoms with Crippen molar-refractivity contribution in [3.63, 3.8) is 0 Å². The highest BCUT2D eigenvalue weighted by molar-refractivity contribution is 4.74. The Bertz CT molecular complexity index is 134. The number of aromatic nitrogens is 2. The van der Waals surface area contributed by atoms with Gasteiger partial charge in [-0.1, -0.05) is 0 Å². The molecular formula is C8H15N3. The van der Waals surface area contributed by atoms with E-state index < -0.39 is 0 Å². The summed E-state index contributed by atoms with van der Waals surface area (Å²) in [4.78, 5) is 7.35. The van der Waals surface area contributed by atoms with Gasteiger partial charge in [0.25, 0.3) is 0 Å². The Labute approximate surface area is 67.7 Å². The standard InChI is InChI=1S/C4H4N2.C4H11N/c1-2-5-4-6-3-1;1-4(2,3)5/h1-4H;5H2,1-3H3. The van der Waals surface area contributed by atoms with Crippen LogP contribution in [-0.2, 0) is 0 Å². The monoisotopic (exact) mass is 153 g/mol. The smallest absolute Gasteiger partial charge is 0.115 e. The lowest BCUT2D eigenvalue weighted by Crippen LogP contribution is -2.26. The Morgan fingerprint density at radius 1 is 1.09 bits per heavy atom. The summed E-state index contributed by atoms with van der Waals surface area (Å²) in [5, 5.41) is 0. The van der Waals surface area contributed by atoms with Gasteiger partial charge in [0.15, 0.2) is 0 Å². The van der Waals surface area contributed by atoms with E-state index in [0.717, 1.165) is 0 Å². The van der Waals surface area contributed by atoms with Gasteiger partial charge in [0.05, 0.1) is 0 Å². The summed E-state index contributed by atoms with van der Waals surface area (Å²) < 4.78 is 0. The fourth-order valence-electron chi connectivity index (χ4n) is 0.253. The van der Waals surface area contributed by atoms with E-state index in [9.17, 15) is 0 Å². The number of rotatable bonds is 0. The molecule has 0 saturated carbocycles. The summed E-state index contributed by atoms with van der Waals surface area (Å²) >= 11 is 0. The first-order valence-electron chi connectivity index (χ1n) is 3.49. The van der Waals surface area contributed by atoms with Gasteiger partial charge in [-0.05, 0) is 26.8 Å². The Kier molecular flexibility index (Phi) is 4.38. The Balaban J connectivity index is 0.000000187. The van der Waals surface area contributed by atoms with E-state index in [1.165, 1.54) is 6.33 Å². The van der Waals surface area contributed by atoms with Gasteiger partial charge in [-0.2, -0.15) is 0 Å². The summed E-state index contributed by atoms with van der Waals surface area (Å²) in [6.07, 6.45) is 4.88.